The number of anilines is 2. The average molecular weight is 655 g/mol. The van der Waals surface area contributed by atoms with Crippen molar-refractivity contribution >= 4 is 46.4 Å². The van der Waals surface area contributed by atoms with Gasteiger partial charge in [0.15, 0.2) is 6.10 Å². The molecule has 3 aromatic rings. The molecule has 0 fully saturated rings. The number of hydrogen-bond acceptors (Lipinski definition) is 5. The first-order valence-corrected chi connectivity index (χ1v) is 15.6. The van der Waals surface area contributed by atoms with Crippen molar-refractivity contribution in [3.63, 3.8) is 0 Å². The highest BCUT2D eigenvalue weighted by molar-refractivity contribution is 6.35. The number of aryl methyl sites for hydroxylation is 1. The lowest BCUT2D eigenvalue weighted by Crippen LogP contribution is -2.52. The summed E-state index contributed by atoms with van der Waals surface area (Å²) in [5.41, 5.74) is 1.58. The van der Waals surface area contributed by atoms with Crippen molar-refractivity contribution in [3.05, 3.63) is 81.6 Å². The molecule has 2 atom stereocenters. The summed E-state index contributed by atoms with van der Waals surface area (Å²) in [6, 6.07) is 13.1. The predicted molar refractivity (Wildman–Crippen MR) is 178 cm³/mol. The summed E-state index contributed by atoms with van der Waals surface area (Å²) >= 11 is 12.9. The number of carbonyl (C=O) groups excluding carboxylic acids is 2. The average Bonchev–Trinajstić information content (AvgIpc) is 2.97. The number of halogens is 3. The van der Waals surface area contributed by atoms with Gasteiger partial charge in [0.1, 0.15) is 30.0 Å². The van der Waals surface area contributed by atoms with Crippen LogP contribution in [0.2, 0.25) is 10.0 Å². The van der Waals surface area contributed by atoms with Crippen LogP contribution in [0.15, 0.2) is 54.6 Å². The number of hydrogen-bond donors (Lipinski definition) is 1. The fourth-order valence-corrected chi connectivity index (χ4v) is 5.90. The molecular formula is C35H38Cl2FN3O4. The zero-order valence-electron chi connectivity index (χ0n) is 26.1. The van der Waals surface area contributed by atoms with Crippen molar-refractivity contribution < 1.29 is 23.5 Å². The van der Waals surface area contributed by atoms with Crippen LogP contribution in [-0.4, -0.2) is 43.2 Å². The fourth-order valence-electron chi connectivity index (χ4n) is 5.38. The van der Waals surface area contributed by atoms with E-state index in [-0.39, 0.29) is 34.6 Å². The second-order valence-corrected chi connectivity index (χ2v) is 12.6. The largest absolute Gasteiger partial charge is 0.480 e. The molecule has 1 aliphatic heterocycles. The summed E-state index contributed by atoms with van der Waals surface area (Å²) in [6.07, 6.45) is 5.25. The van der Waals surface area contributed by atoms with E-state index in [1.807, 2.05) is 46.8 Å². The SMILES string of the molecule is C#CCOc1cc(N(CC)CC)ccc1C(C(=O)NC(C)(C)C)N(C(=O)C1CCc2cc(F)ccc2O1)c1cc(Cl)cc(Cl)c1. The van der Waals surface area contributed by atoms with E-state index in [1.54, 1.807) is 24.3 Å². The Morgan fingerprint density at radius 2 is 1.76 bits per heavy atom. The molecule has 1 heterocycles. The minimum absolute atomic E-state index is 0.0572. The van der Waals surface area contributed by atoms with Crippen LogP contribution in [0.3, 0.4) is 0 Å². The third kappa shape index (κ3) is 8.22. The van der Waals surface area contributed by atoms with Crippen LogP contribution < -0.4 is 24.6 Å². The molecule has 238 valence electrons. The third-order valence-electron chi connectivity index (χ3n) is 7.34. The van der Waals surface area contributed by atoms with Gasteiger partial charge in [0.25, 0.3) is 5.91 Å². The topological polar surface area (TPSA) is 71.1 Å². The van der Waals surface area contributed by atoms with E-state index in [1.165, 1.54) is 23.1 Å². The maximum Gasteiger partial charge on any atom is 0.269 e. The molecule has 0 bridgehead atoms. The summed E-state index contributed by atoms with van der Waals surface area (Å²) in [4.78, 5) is 32.5. The Bertz CT molecular complexity index is 1580. The van der Waals surface area contributed by atoms with Crippen molar-refractivity contribution in [2.24, 2.45) is 0 Å². The van der Waals surface area contributed by atoms with Gasteiger partial charge in [-0.2, -0.15) is 0 Å². The molecule has 0 radical (unpaired) electrons. The van der Waals surface area contributed by atoms with Gasteiger partial charge in [-0.1, -0.05) is 35.2 Å². The number of ether oxygens (including phenoxy) is 2. The van der Waals surface area contributed by atoms with E-state index in [9.17, 15) is 14.0 Å². The number of nitrogens with zero attached hydrogens (tertiary/aromatic N) is 2. The number of nitrogens with one attached hydrogen (secondary N) is 1. The molecule has 4 rings (SSSR count). The molecule has 0 saturated heterocycles. The molecule has 7 nitrogen and oxygen atoms in total. The highest BCUT2D eigenvalue weighted by Gasteiger charge is 2.41. The molecule has 2 unspecified atom stereocenters. The maximum atomic E-state index is 14.7. The van der Waals surface area contributed by atoms with Crippen LogP contribution >= 0.6 is 23.2 Å². The van der Waals surface area contributed by atoms with E-state index in [4.69, 9.17) is 39.1 Å². The van der Waals surface area contributed by atoms with Crippen molar-refractivity contribution in [2.75, 3.05) is 29.5 Å². The molecule has 3 aromatic carbocycles. The highest BCUT2D eigenvalue weighted by Crippen LogP contribution is 2.40. The standard InChI is InChI=1S/C35H38Cl2FN3O4/c1-7-16-44-31-21-26(40(8-2)9-3)12-13-28(31)32(33(42)39-35(4,5)6)41(27-19-23(36)18-24(37)20-27)34(43)30-14-10-22-17-25(38)11-15-29(22)45-30/h1,11-13,15,17-21,30,32H,8-10,14,16H2,2-6H3,(H,39,42). The van der Waals surface area contributed by atoms with Gasteiger partial charge in [0.2, 0.25) is 5.91 Å². The van der Waals surface area contributed by atoms with Crippen molar-refractivity contribution in [1.82, 2.24) is 5.32 Å². The second-order valence-electron chi connectivity index (χ2n) is 11.8. The smallest absolute Gasteiger partial charge is 0.269 e. The van der Waals surface area contributed by atoms with Gasteiger partial charge in [-0.15, -0.1) is 6.42 Å². The number of benzene rings is 3. The molecular weight excluding hydrogens is 616 g/mol. The predicted octanol–water partition coefficient (Wildman–Crippen LogP) is 7.37. The molecule has 0 saturated carbocycles. The zero-order chi connectivity index (χ0) is 32.9. The summed E-state index contributed by atoms with van der Waals surface area (Å²) in [7, 11) is 0. The van der Waals surface area contributed by atoms with Gasteiger partial charge in [0.05, 0.1) is 0 Å². The Labute approximate surface area is 274 Å². The number of terminal acetylenes is 1. The van der Waals surface area contributed by atoms with Crippen LogP contribution in [-0.2, 0) is 16.0 Å². The van der Waals surface area contributed by atoms with Crippen LogP contribution in [0.25, 0.3) is 0 Å². The quantitative estimate of drug-likeness (QED) is 0.231. The number of carbonyl (C=O) groups is 2. The Kier molecular flexibility index (Phi) is 10.9. The monoisotopic (exact) mass is 653 g/mol. The first kappa shape index (κ1) is 34.0. The number of fused-ring (bicyclic) bond motifs is 1. The van der Waals surface area contributed by atoms with Crippen molar-refractivity contribution in [1.29, 1.82) is 0 Å². The van der Waals surface area contributed by atoms with E-state index in [2.05, 4.69) is 16.1 Å². The molecule has 2 amide bonds. The highest BCUT2D eigenvalue weighted by atomic mass is 35.5. The van der Waals surface area contributed by atoms with Crippen molar-refractivity contribution in [3.8, 4) is 23.8 Å². The normalized spacial score (nSPS) is 14.8. The summed E-state index contributed by atoms with van der Waals surface area (Å²) < 4.78 is 26.1. The lowest BCUT2D eigenvalue weighted by atomic mass is 9.96. The van der Waals surface area contributed by atoms with Crippen LogP contribution in [0.1, 0.15) is 58.2 Å². The van der Waals surface area contributed by atoms with E-state index < -0.39 is 29.5 Å². The van der Waals surface area contributed by atoms with Gasteiger partial charge >= 0.3 is 0 Å². The third-order valence-corrected chi connectivity index (χ3v) is 7.78. The van der Waals surface area contributed by atoms with E-state index in [0.717, 1.165) is 18.8 Å². The first-order chi connectivity index (χ1) is 21.3. The molecule has 0 aromatic heterocycles. The fraction of sp³-hybridized carbons (Fsp3) is 0.371. The summed E-state index contributed by atoms with van der Waals surface area (Å²) in [6.45, 7) is 11.1. The Hall–Kier alpha value is -3.93. The minimum Gasteiger partial charge on any atom is -0.480 e. The van der Waals surface area contributed by atoms with Crippen LogP contribution in [0.5, 0.6) is 11.5 Å². The zero-order valence-corrected chi connectivity index (χ0v) is 27.6. The van der Waals surface area contributed by atoms with Gasteiger partial charge < -0.3 is 19.7 Å². The van der Waals surface area contributed by atoms with Gasteiger partial charge in [-0.05, 0) is 95.5 Å². The molecule has 45 heavy (non-hydrogen) atoms. The van der Waals surface area contributed by atoms with Gasteiger partial charge in [-0.25, -0.2) is 4.39 Å². The number of amides is 2. The molecule has 1 N–H and O–H groups in total. The van der Waals surface area contributed by atoms with Crippen LogP contribution in [0, 0.1) is 18.2 Å². The second kappa shape index (κ2) is 14.4. The Balaban J connectivity index is 1.93. The van der Waals surface area contributed by atoms with Crippen molar-refractivity contribution in [2.45, 2.75) is 65.1 Å². The molecule has 0 spiro atoms. The van der Waals surface area contributed by atoms with Gasteiger partial charge in [0, 0.05) is 51.7 Å². The Morgan fingerprint density at radius 1 is 1.07 bits per heavy atom. The lowest BCUT2D eigenvalue weighted by molar-refractivity contribution is -0.131. The lowest BCUT2D eigenvalue weighted by Gasteiger charge is -2.37. The Morgan fingerprint density at radius 3 is 2.38 bits per heavy atom. The first-order valence-electron chi connectivity index (χ1n) is 14.9. The van der Waals surface area contributed by atoms with Crippen LogP contribution in [0.4, 0.5) is 15.8 Å². The molecule has 0 aliphatic carbocycles. The van der Waals surface area contributed by atoms with E-state index in [0.29, 0.717) is 29.0 Å². The van der Waals surface area contributed by atoms with E-state index >= 15 is 0 Å². The summed E-state index contributed by atoms with van der Waals surface area (Å²) in [5.74, 6) is 1.89. The number of rotatable bonds is 10. The minimum atomic E-state index is -1.25. The maximum absolute atomic E-state index is 14.7. The summed E-state index contributed by atoms with van der Waals surface area (Å²) in [5, 5.41) is 3.58. The molecule has 1 aliphatic rings. The van der Waals surface area contributed by atoms with Gasteiger partial charge in [-0.3, -0.25) is 14.5 Å². The molecule has 10 heteroatoms.